The first-order valence-corrected chi connectivity index (χ1v) is 2.80. The second kappa shape index (κ2) is 1.88. The molecule has 0 spiro atoms. The molecule has 1 aromatic rings. The molecule has 8 heavy (non-hydrogen) atoms. The minimum absolute atomic E-state index is 0.433. The highest BCUT2D eigenvalue weighted by Gasteiger charge is 1.93. The molecule has 0 N–H and O–H groups in total. The van der Waals surface area contributed by atoms with Crippen LogP contribution in [0.4, 0.5) is 0 Å². The summed E-state index contributed by atoms with van der Waals surface area (Å²) < 4.78 is 3.80. The average Bonchev–Trinajstić information content (AvgIpc) is 2.14. The summed E-state index contributed by atoms with van der Waals surface area (Å²) >= 11 is 1.13. The molecule has 0 radical (unpaired) electrons. The first-order valence-electron chi connectivity index (χ1n) is 2.03. The van der Waals surface area contributed by atoms with E-state index in [1.807, 2.05) is 6.07 Å². The van der Waals surface area contributed by atoms with Gasteiger partial charge in [0.2, 0.25) is 5.01 Å². The Kier molecular flexibility index (Phi) is 1.22. The first-order chi connectivity index (χ1) is 3.83. The van der Waals surface area contributed by atoms with Gasteiger partial charge in [0, 0.05) is 0 Å². The van der Waals surface area contributed by atoms with E-state index in [1.54, 1.807) is 6.92 Å². The van der Waals surface area contributed by atoms with E-state index in [0.717, 1.165) is 11.5 Å². The van der Waals surface area contributed by atoms with Gasteiger partial charge in [-0.05, 0) is 18.5 Å². The summed E-state index contributed by atoms with van der Waals surface area (Å²) in [5.74, 6) is 0.673. The van der Waals surface area contributed by atoms with Gasteiger partial charge >= 0.3 is 0 Å². The lowest BCUT2D eigenvalue weighted by Crippen LogP contribution is -1.71. The lowest BCUT2D eigenvalue weighted by Gasteiger charge is -1.66. The predicted molar refractivity (Wildman–Crippen MR) is 29.4 cm³/mol. The zero-order chi connectivity index (χ0) is 5.98. The molecule has 0 aromatic carbocycles. The molecule has 1 rings (SSSR count). The van der Waals surface area contributed by atoms with Crippen molar-refractivity contribution in [1.82, 2.24) is 9.36 Å². The van der Waals surface area contributed by atoms with Crippen LogP contribution in [0, 0.1) is 18.3 Å². The quantitative estimate of drug-likeness (QED) is 0.513. The fraction of sp³-hybridized carbons (Fsp3) is 0.250. The third-order valence-electron chi connectivity index (χ3n) is 0.623. The van der Waals surface area contributed by atoms with Crippen molar-refractivity contribution in [1.29, 1.82) is 5.26 Å². The van der Waals surface area contributed by atoms with Crippen molar-refractivity contribution >= 4 is 11.5 Å². The molecule has 1 aromatic heterocycles. The normalized spacial score (nSPS) is 8.50. The van der Waals surface area contributed by atoms with Crippen LogP contribution in [0.25, 0.3) is 0 Å². The standard InChI is InChI=1S/C4H3N3S/c1-3-6-4(2-5)8-7-3/h1H3. The predicted octanol–water partition coefficient (Wildman–Crippen LogP) is 0.718. The molecule has 0 atom stereocenters. The molecule has 0 bridgehead atoms. The van der Waals surface area contributed by atoms with E-state index in [1.165, 1.54) is 0 Å². The minimum atomic E-state index is 0.433. The molecule has 4 heteroatoms. The monoisotopic (exact) mass is 125 g/mol. The van der Waals surface area contributed by atoms with Crippen LogP contribution in [-0.4, -0.2) is 9.36 Å². The molecule has 0 amide bonds. The minimum Gasteiger partial charge on any atom is -0.210 e. The molecule has 0 unspecified atom stereocenters. The van der Waals surface area contributed by atoms with Crippen LogP contribution >= 0.6 is 11.5 Å². The third kappa shape index (κ3) is 0.820. The van der Waals surface area contributed by atoms with E-state index >= 15 is 0 Å². The molecule has 3 nitrogen and oxygen atoms in total. The third-order valence-corrected chi connectivity index (χ3v) is 1.33. The highest BCUT2D eigenvalue weighted by Crippen LogP contribution is 1.99. The molecule has 0 saturated carbocycles. The molecular weight excluding hydrogens is 122 g/mol. The molecule has 0 fully saturated rings. The smallest absolute Gasteiger partial charge is 0.210 e. The lowest BCUT2D eigenvalue weighted by atomic mass is 10.7. The molecule has 0 saturated heterocycles. The van der Waals surface area contributed by atoms with E-state index < -0.39 is 0 Å². The van der Waals surface area contributed by atoms with E-state index in [9.17, 15) is 0 Å². The maximum atomic E-state index is 8.21. The number of aryl methyl sites for hydroxylation is 1. The van der Waals surface area contributed by atoms with Crippen molar-refractivity contribution in [2.45, 2.75) is 6.92 Å². The van der Waals surface area contributed by atoms with Crippen LogP contribution in [0.2, 0.25) is 0 Å². The molecular formula is C4H3N3S. The summed E-state index contributed by atoms with van der Waals surface area (Å²) in [6, 6.07) is 1.89. The topological polar surface area (TPSA) is 49.6 Å². The van der Waals surface area contributed by atoms with E-state index in [4.69, 9.17) is 5.26 Å². The number of aromatic nitrogens is 2. The Bertz CT molecular complexity index is 221. The Morgan fingerprint density at radius 1 is 1.75 bits per heavy atom. The summed E-state index contributed by atoms with van der Waals surface area (Å²) in [5, 5.41) is 8.64. The lowest BCUT2D eigenvalue weighted by molar-refractivity contribution is 1.15. The molecule has 0 aliphatic carbocycles. The van der Waals surface area contributed by atoms with Crippen LogP contribution in [0.15, 0.2) is 0 Å². The summed E-state index contributed by atoms with van der Waals surface area (Å²) in [6.07, 6.45) is 0. The van der Waals surface area contributed by atoms with Gasteiger partial charge in [-0.25, -0.2) is 4.98 Å². The number of nitrogens with zero attached hydrogens (tertiary/aromatic N) is 3. The van der Waals surface area contributed by atoms with Crippen LogP contribution in [0.3, 0.4) is 0 Å². The summed E-state index contributed by atoms with van der Waals surface area (Å²) in [7, 11) is 0. The van der Waals surface area contributed by atoms with Gasteiger partial charge in [0.05, 0.1) is 0 Å². The van der Waals surface area contributed by atoms with Gasteiger partial charge in [-0.1, -0.05) is 0 Å². The van der Waals surface area contributed by atoms with E-state index in [0.29, 0.717) is 10.8 Å². The van der Waals surface area contributed by atoms with Crippen LogP contribution < -0.4 is 0 Å². The molecule has 0 aliphatic rings. The van der Waals surface area contributed by atoms with Crippen molar-refractivity contribution in [3.63, 3.8) is 0 Å². The Morgan fingerprint density at radius 2 is 2.50 bits per heavy atom. The number of hydrogen-bond acceptors (Lipinski definition) is 4. The summed E-state index contributed by atoms with van der Waals surface area (Å²) in [6.45, 7) is 1.76. The average molecular weight is 125 g/mol. The Morgan fingerprint density at radius 3 is 2.75 bits per heavy atom. The maximum absolute atomic E-state index is 8.21. The second-order valence-electron chi connectivity index (χ2n) is 1.26. The second-order valence-corrected chi connectivity index (χ2v) is 2.01. The van der Waals surface area contributed by atoms with Crippen molar-refractivity contribution in [3.05, 3.63) is 10.8 Å². The Hall–Kier alpha value is -0.950. The van der Waals surface area contributed by atoms with Gasteiger partial charge in [0.25, 0.3) is 0 Å². The van der Waals surface area contributed by atoms with Gasteiger partial charge in [-0.3, -0.25) is 0 Å². The fourth-order valence-electron chi connectivity index (χ4n) is 0.342. The summed E-state index contributed by atoms with van der Waals surface area (Å²) in [5.41, 5.74) is 0. The van der Waals surface area contributed by atoms with Gasteiger partial charge in [0.15, 0.2) is 0 Å². The van der Waals surface area contributed by atoms with Gasteiger partial charge in [-0.2, -0.15) is 9.64 Å². The largest absolute Gasteiger partial charge is 0.214 e. The van der Waals surface area contributed by atoms with E-state index in [-0.39, 0.29) is 0 Å². The summed E-state index contributed by atoms with van der Waals surface area (Å²) in [4.78, 5) is 3.78. The first kappa shape index (κ1) is 5.19. The van der Waals surface area contributed by atoms with Crippen LogP contribution in [0.1, 0.15) is 10.8 Å². The van der Waals surface area contributed by atoms with Gasteiger partial charge in [-0.15, -0.1) is 0 Å². The SMILES string of the molecule is Cc1nsc(C#N)n1. The number of nitriles is 1. The number of rotatable bonds is 0. The molecule has 40 valence electrons. The molecule has 1 heterocycles. The van der Waals surface area contributed by atoms with Gasteiger partial charge in [0.1, 0.15) is 11.9 Å². The zero-order valence-corrected chi connectivity index (χ0v) is 5.07. The van der Waals surface area contributed by atoms with Crippen LogP contribution in [-0.2, 0) is 0 Å². The maximum Gasteiger partial charge on any atom is 0.214 e. The zero-order valence-electron chi connectivity index (χ0n) is 4.25. The highest BCUT2D eigenvalue weighted by atomic mass is 32.1. The number of hydrogen-bond donors (Lipinski definition) is 0. The van der Waals surface area contributed by atoms with Crippen molar-refractivity contribution in [2.24, 2.45) is 0 Å². The van der Waals surface area contributed by atoms with E-state index in [2.05, 4.69) is 9.36 Å². The van der Waals surface area contributed by atoms with Gasteiger partial charge < -0.3 is 0 Å². The molecule has 0 aliphatic heterocycles. The Balaban J connectivity index is 3.05. The van der Waals surface area contributed by atoms with Crippen molar-refractivity contribution in [2.75, 3.05) is 0 Å². The van der Waals surface area contributed by atoms with Crippen molar-refractivity contribution < 1.29 is 0 Å². The fourth-order valence-corrected chi connectivity index (χ4v) is 0.816. The van der Waals surface area contributed by atoms with Crippen LogP contribution in [0.5, 0.6) is 0 Å². The Labute approximate surface area is 50.8 Å². The van der Waals surface area contributed by atoms with Crippen molar-refractivity contribution in [3.8, 4) is 6.07 Å². The highest BCUT2D eigenvalue weighted by molar-refractivity contribution is 7.05.